The fourth-order valence-corrected chi connectivity index (χ4v) is 4.73. The lowest BCUT2D eigenvalue weighted by atomic mass is 9.91. The molecule has 2 bridgehead atoms. The van der Waals surface area contributed by atoms with Gasteiger partial charge in [-0.25, -0.2) is 0 Å². The molecule has 0 aromatic heterocycles. The van der Waals surface area contributed by atoms with Crippen LogP contribution < -0.4 is 0 Å². The van der Waals surface area contributed by atoms with Crippen molar-refractivity contribution in [3.8, 4) is 0 Å². The van der Waals surface area contributed by atoms with E-state index in [0.29, 0.717) is 17.9 Å². The van der Waals surface area contributed by atoms with Crippen LogP contribution in [0.5, 0.6) is 0 Å². The van der Waals surface area contributed by atoms with Gasteiger partial charge in [0.05, 0.1) is 11.8 Å². The van der Waals surface area contributed by atoms with E-state index in [0.717, 1.165) is 25.2 Å². The van der Waals surface area contributed by atoms with Gasteiger partial charge in [0, 0.05) is 19.0 Å². The first-order valence-corrected chi connectivity index (χ1v) is 9.39. The minimum atomic E-state index is 0.299. The van der Waals surface area contributed by atoms with Crippen molar-refractivity contribution in [2.45, 2.75) is 38.3 Å². The van der Waals surface area contributed by atoms with E-state index in [1.807, 2.05) is 0 Å². The van der Waals surface area contributed by atoms with Crippen molar-refractivity contribution >= 4 is 5.71 Å². The lowest BCUT2D eigenvalue weighted by Crippen LogP contribution is -2.45. The van der Waals surface area contributed by atoms with Crippen LogP contribution in [-0.4, -0.2) is 28.4 Å². The summed E-state index contributed by atoms with van der Waals surface area (Å²) in [7, 11) is 0. The van der Waals surface area contributed by atoms with Gasteiger partial charge < -0.3 is 5.21 Å². The van der Waals surface area contributed by atoms with Crippen molar-refractivity contribution in [3.63, 3.8) is 0 Å². The van der Waals surface area contributed by atoms with Crippen LogP contribution in [0.4, 0.5) is 0 Å². The van der Waals surface area contributed by atoms with Gasteiger partial charge in [-0.1, -0.05) is 65.8 Å². The fourth-order valence-electron chi connectivity index (χ4n) is 4.73. The van der Waals surface area contributed by atoms with Crippen LogP contribution in [0.2, 0.25) is 0 Å². The molecule has 0 saturated heterocycles. The van der Waals surface area contributed by atoms with Gasteiger partial charge in [0.15, 0.2) is 0 Å². The molecule has 2 aromatic rings. The Hall–Kier alpha value is -2.13. The molecule has 3 atom stereocenters. The molecular formula is C22H26N2O. The molecule has 2 aromatic carbocycles. The van der Waals surface area contributed by atoms with Gasteiger partial charge in [-0.3, -0.25) is 4.90 Å². The predicted octanol–water partition coefficient (Wildman–Crippen LogP) is 4.36. The monoisotopic (exact) mass is 334 g/mol. The van der Waals surface area contributed by atoms with Gasteiger partial charge in [-0.05, 0) is 42.7 Å². The molecule has 0 spiro atoms. The number of nitrogens with zero attached hydrogens (tertiary/aromatic N) is 2. The highest BCUT2D eigenvalue weighted by Gasteiger charge is 2.47. The molecule has 3 nitrogen and oxygen atoms in total. The molecule has 4 rings (SSSR count). The van der Waals surface area contributed by atoms with Gasteiger partial charge in [0.2, 0.25) is 0 Å². The molecule has 2 aliphatic rings. The Bertz CT molecular complexity index is 713. The summed E-state index contributed by atoms with van der Waals surface area (Å²) >= 11 is 0. The number of hydrogen-bond donors (Lipinski definition) is 1. The topological polar surface area (TPSA) is 35.8 Å². The lowest BCUT2D eigenvalue weighted by molar-refractivity contribution is 0.185. The van der Waals surface area contributed by atoms with E-state index in [4.69, 9.17) is 0 Å². The van der Waals surface area contributed by atoms with Crippen LogP contribution in [0, 0.1) is 11.8 Å². The summed E-state index contributed by atoms with van der Waals surface area (Å²) in [5.74, 6) is 1.14. The van der Waals surface area contributed by atoms with Crippen LogP contribution >= 0.6 is 0 Å². The van der Waals surface area contributed by atoms with E-state index in [9.17, 15) is 5.21 Å². The van der Waals surface area contributed by atoms with Gasteiger partial charge in [-0.15, -0.1) is 0 Å². The molecule has 0 aliphatic heterocycles. The summed E-state index contributed by atoms with van der Waals surface area (Å²) < 4.78 is 0. The Kier molecular flexibility index (Phi) is 4.84. The fraction of sp³-hybridized carbons (Fsp3) is 0.409. The zero-order valence-corrected chi connectivity index (χ0v) is 14.6. The molecule has 2 saturated carbocycles. The Morgan fingerprint density at radius 3 is 2.28 bits per heavy atom. The molecule has 2 aliphatic carbocycles. The summed E-state index contributed by atoms with van der Waals surface area (Å²) in [6, 6.07) is 21.6. The van der Waals surface area contributed by atoms with Crippen molar-refractivity contribution in [1.82, 2.24) is 4.90 Å². The van der Waals surface area contributed by atoms with E-state index in [2.05, 4.69) is 70.7 Å². The van der Waals surface area contributed by atoms with Crippen molar-refractivity contribution in [1.29, 1.82) is 0 Å². The molecule has 0 heterocycles. The highest BCUT2D eigenvalue weighted by molar-refractivity contribution is 5.94. The third kappa shape index (κ3) is 3.47. The zero-order chi connectivity index (χ0) is 17.1. The maximum absolute atomic E-state index is 9.62. The first kappa shape index (κ1) is 16.3. The Balaban J connectivity index is 1.55. The number of fused-ring (bicyclic) bond motifs is 2. The highest BCUT2D eigenvalue weighted by atomic mass is 16.4. The summed E-state index contributed by atoms with van der Waals surface area (Å²) in [6.07, 6.45) is 4.68. The van der Waals surface area contributed by atoms with Gasteiger partial charge in [0.25, 0.3) is 0 Å². The molecule has 0 radical (unpaired) electrons. The largest absolute Gasteiger partial charge is 0.411 e. The van der Waals surface area contributed by atoms with Crippen molar-refractivity contribution < 1.29 is 5.21 Å². The van der Waals surface area contributed by atoms with Crippen LogP contribution in [-0.2, 0) is 13.0 Å². The van der Waals surface area contributed by atoms with Crippen molar-refractivity contribution in [2.75, 3.05) is 6.54 Å². The van der Waals surface area contributed by atoms with Crippen molar-refractivity contribution in [3.05, 3.63) is 71.8 Å². The zero-order valence-electron chi connectivity index (χ0n) is 14.6. The van der Waals surface area contributed by atoms with Crippen LogP contribution in [0.1, 0.15) is 30.4 Å². The Labute approximate surface area is 150 Å². The Morgan fingerprint density at radius 2 is 1.60 bits per heavy atom. The van der Waals surface area contributed by atoms with E-state index in [1.54, 1.807) is 0 Å². The molecule has 2 fully saturated rings. The molecule has 0 amide bonds. The summed E-state index contributed by atoms with van der Waals surface area (Å²) in [6.45, 7) is 1.91. The molecule has 3 heteroatoms. The summed E-state index contributed by atoms with van der Waals surface area (Å²) in [5.41, 5.74) is 3.72. The highest BCUT2D eigenvalue weighted by Crippen LogP contribution is 2.45. The molecule has 3 unspecified atom stereocenters. The maximum atomic E-state index is 9.62. The molecule has 130 valence electrons. The maximum Gasteiger partial charge on any atom is 0.0775 e. The predicted molar refractivity (Wildman–Crippen MR) is 101 cm³/mol. The van der Waals surface area contributed by atoms with E-state index in [-0.39, 0.29) is 0 Å². The average Bonchev–Trinajstić information content (AvgIpc) is 3.28. The molecule has 1 N–H and O–H groups in total. The number of oxime groups is 1. The third-order valence-electron chi connectivity index (χ3n) is 5.91. The lowest BCUT2D eigenvalue weighted by Gasteiger charge is -2.35. The van der Waals surface area contributed by atoms with E-state index >= 15 is 0 Å². The minimum absolute atomic E-state index is 0.299. The normalized spacial score (nSPS) is 26.6. The second-order valence-electron chi connectivity index (χ2n) is 7.43. The second kappa shape index (κ2) is 7.40. The third-order valence-corrected chi connectivity index (χ3v) is 5.91. The minimum Gasteiger partial charge on any atom is -0.411 e. The standard InChI is InChI=1S/C22H26N2O/c25-23-21-19-11-12-20(15-19)22(21)24(16-18-9-5-2-6-10-18)14-13-17-7-3-1-4-8-17/h1-10,19-20,22,25H,11-16H2/b23-21+. The second-order valence-corrected chi connectivity index (χ2v) is 7.43. The first-order chi connectivity index (χ1) is 12.3. The smallest absolute Gasteiger partial charge is 0.0775 e. The molecule has 25 heavy (non-hydrogen) atoms. The summed E-state index contributed by atoms with van der Waals surface area (Å²) in [4.78, 5) is 2.54. The number of rotatable bonds is 6. The van der Waals surface area contributed by atoms with Crippen molar-refractivity contribution in [2.24, 2.45) is 17.0 Å². The number of hydrogen-bond acceptors (Lipinski definition) is 3. The first-order valence-electron chi connectivity index (χ1n) is 9.39. The van der Waals surface area contributed by atoms with Gasteiger partial charge >= 0.3 is 0 Å². The van der Waals surface area contributed by atoms with E-state index in [1.165, 1.54) is 30.4 Å². The SMILES string of the molecule is O/N=C1\C2CCC(C2)C1N(CCc1ccccc1)Cc1ccccc1. The quantitative estimate of drug-likeness (QED) is 0.629. The Morgan fingerprint density at radius 1 is 0.920 bits per heavy atom. The summed E-state index contributed by atoms with van der Waals surface area (Å²) in [5, 5.41) is 13.4. The molecular weight excluding hydrogens is 308 g/mol. The van der Waals surface area contributed by atoms with E-state index < -0.39 is 0 Å². The van der Waals surface area contributed by atoms with Crippen LogP contribution in [0.3, 0.4) is 0 Å². The van der Waals surface area contributed by atoms with Crippen LogP contribution in [0.15, 0.2) is 65.8 Å². The van der Waals surface area contributed by atoms with Gasteiger partial charge in [-0.2, -0.15) is 0 Å². The average molecular weight is 334 g/mol. The number of benzene rings is 2. The van der Waals surface area contributed by atoms with Crippen LogP contribution in [0.25, 0.3) is 0 Å². The van der Waals surface area contributed by atoms with Gasteiger partial charge in [0.1, 0.15) is 0 Å².